The molecule has 0 aromatic heterocycles. The number of carbonyl (C=O) groups is 2. The molecular weight excluding hydrogens is 201 g/mol. The van der Waals surface area contributed by atoms with Crippen LogP contribution in [0.3, 0.4) is 0 Å². The van der Waals surface area contributed by atoms with Crippen molar-refractivity contribution in [2.45, 2.75) is 26.9 Å². The Balaban J connectivity index is 4.21. The number of hydrogen-bond acceptors (Lipinski definition) is 3. The van der Waals surface area contributed by atoms with Crippen LogP contribution < -0.4 is 0 Å². The SMILES string of the molecule is CC(=O)C(C)(C)COC(=O)C(F)(F)F. The molecule has 0 aromatic rings. The summed E-state index contributed by atoms with van der Waals surface area (Å²) in [4.78, 5) is 21.1. The Morgan fingerprint density at radius 2 is 1.64 bits per heavy atom. The van der Waals surface area contributed by atoms with E-state index in [0.717, 1.165) is 0 Å². The molecule has 3 nitrogen and oxygen atoms in total. The molecule has 0 heterocycles. The van der Waals surface area contributed by atoms with Crippen LogP contribution in [0.2, 0.25) is 0 Å². The second-order valence-electron chi connectivity index (χ2n) is 3.51. The second kappa shape index (κ2) is 3.98. The lowest BCUT2D eigenvalue weighted by Crippen LogP contribution is -2.33. The fraction of sp³-hybridized carbons (Fsp3) is 0.750. The highest BCUT2D eigenvalue weighted by Crippen LogP contribution is 2.21. The fourth-order valence-corrected chi connectivity index (χ4v) is 0.429. The van der Waals surface area contributed by atoms with Gasteiger partial charge < -0.3 is 4.74 Å². The van der Waals surface area contributed by atoms with Crippen molar-refractivity contribution < 1.29 is 27.5 Å². The van der Waals surface area contributed by atoms with E-state index in [-0.39, 0.29) is 5.78 Å². The maximum atomic E-state index is 11.7. The summed E-state index contributed by atoms with van der Waals surface area (Å²) in [5.41, 5.74) is -1.08. The summed E-state index contributed by atoms with van der Waals surface area (Å²) in [6, 6.07) is 0. The van der Waals surface area contributed by atoms with Crippen molar-refractivity contribution in [2.75, 3.05) is 6.61 Å². The molecule has 0 aromatic carbocycles. The van der Waals surface area contributed by atoms with Gasteiger partial charge in [0.25, 0.3) is 0 Å². The highest BCUT2D eigenvalue weighted by Gasteiger charge is 2.42. The van der Waals surface area contributed by atoms with Crippen molar-refractivity contribution in [3.8, 4) is 0 Å². The van der Waals surface area contributed by atoms with Crippen LogP contribution in [0.15, 0.2) is 0 Å². The van der Waals surface area contributed by atoms with Gasteiger partial charge in [-0.25, -0.2) is 4.79 Å². The average molecular weight is 212 g/mol. The number of alkyl halides is 3. The number of carbonyl (C=O) groups excluding carboxylic acids is 2. The molecule has 0 aliphatic carbocycles. The van der Waals surface area contributed by atoms with Gasteiger partial charge in [-0.15, -0.1) is 0 Å². The van der Waals surface area contributed by atoms with Gasteiger partial charge in [0, 0.05) is 0 Å². The minimum Gasteiger partial charge on any atom is -0.458 e. The van der Waals surface area contributed by atoms with Gasteiger partial charge in [0.15, 0.2) is 0 Å². The molecule has 82 valence electrons. The van der Waals surface area contributed by atoms with Gasteiger partial charge in [-0.05, 0) is 20.8 Å². The van der Waals surface area contributed by atoms with Crippen molar-refractivity contribution >= 4 is 11.8 Å². The summed E-state index contributed by atoms with van der Waals surface area (Å²) >= 11 is 0. The lowest BCUT2D eigenvalue weighted by atomic mass is 9.90. The summed E-state index contributed by atoms with van der Waals surface area (Å²) in [5, 5.41) is 0. The number of ether oxygens (including phenoxy) is 1. The van der Waals surface area contributed by atoms with E-state index in [2.05, 4.69) is 4.74 Å². The molecule has 14 heavy (non-hydrogen) atoms. The molecule has 0 saturated carbocycles. The highest BCUT2D eigenvalue weighted by atomic mass is 19.4. The van der Waals surface area contributed by atoms with E-state index < -0.39 is 24.2 Å². The highest BCUT2D eigenvalue weighted by molar-refractivity contribution is 5.82. The normalized spacial score (nSPS) is 12.4. The number of halogens is 3. The summed E-state index contributed by atoms with van der Waals surface area (Å²) in [5.74, 6) is -2.61. The molecule has 0 N–H and O–H groups in total. The Morgan fingerprint density at radius 1 is 1.21 bits per heavy atom. The molecule has 0 bridgehead atoms. The van der Waals surface area contributed by atoms with Crippen LogP contribution in [0, 0.1) is 5.41 Å². The summed E-state index contributed by atoms with van der Waals surface area (Å²) in [6.45, 7) is 3.46. The van der Waals surface area contributed by atoms with Gasteiger partial charge in [0.2, 0.25) is 0 Å². The van der Waals surface area contributed by atoms with E-state index in [0.29, 0.717) is 0 Å². The first kappa shape index (κ1) is 12.9. The van der Waals surface area contributed by atoms with Crippen molar-refractivity contribution in [1.82, 2.24) is 0 Å². The molecule has 0 rings (SSSR count). The summed E-state index contributed by atoms with van der Waals surface area (Å²) < 4.78 is 38.9. The Bertz CT molecular complexity index is 243. The third kappa shape index (κ3) is 3.76. The first-order chi connectivity index (χ1) is 6.07. The van der Waals surface area contributed by atoms with Crippen LogP contribution in [-0.2, 0) is 14.3 Å². The van der Waals surface area contributed by atoms with Crippen LogP contribution in [0.4, 0.5) is 13.2 Å². The molecule has 0 spiro atoms. The predicted octanol–water partition coefficient (Wildman–Crippen LogP) is 1.71. The fourth-order valence-electron chi connectivity index (χ4n) is 0.429. The first-order valence-corrected chi connectivity index (χ1v) is 3.82. The first-order valence-electron chi connectivity index (χ1n) is 3.82. The van der Waals surface area contributed by atoms with E-state index in [1.807, 2.05) is 0 Å². The van der Waals surface area contributed by atoms with Crippen molar-refractivity contribution in [3.63, 3.8) is 0 Å². The number of rotatable bonds is 3. The molecule has 0 saturated heterocycles. The predicted molar refractivity (Wildman–Crippen MR) is 41.5 cm³/mol. The Kier molecular flexibility index (Phi) is 3.67. The Labute approximate surface area is 79.2 Å². The van der Waals surface area contributed by atoms with Gasteiger partial charge in [-0.2, -0.15) is 13.2 Å². The van der Waals surface area contributed by atoms with Crippen LogP contribution >= 0.6 is 0 Å². The lowest BCUT2D eigenvalue weighted by Gasteiger charge is -2.20. The maximum Gasteiger partial charge on any atom is 0.490 e. The average Bonchev–Trinajstić information content (AvgIpc) is 1.98. The number of hydrogen-bond donors (Lipinski definition) is 0. The van der Waals surface area contributed by atoms with Gasteiger partial charge in [-0.1, -0.05) is 0 Å². The van der Waals surface area contributed by atoms with Crippen LogP contribution in [0.25, 0.3) is 0 Å². The zero-order valence-electron chi connectivity index (χ0n) is 8.07. The number of Topliss-reactive ketones (excluding diaryl/α,β-unsaturated/α-hetero) is 1. The van der Waals surface area contributed by atoms with E-state index in [9.17, 15) is 22.8 Å². The zero-order valence-corrected chi connectivity index (χ0v) is 8.07. The Morgan fingerprint density at radius 3 is 1.93 bits per heavy atom. The summed E-state index contributed by atoms with van der Waals surface area (Å²) in [7, 11) is 0. The van der Waals surface area contributed by atoms with Crippen molar-refractivity contribution in [3.05, 3.63) is 0 Å². The minimum absolute atomic E-state index is 0.340. The van der Waals surface area contributed by atoms with Gasteiger partial charge in [0.05, 0.1) is 5.41 Å². The summed E-state index contributed by atoms with van der Waals surface area (Å²) in [6.07, 6.45) is -5.01. The van der Waals surface area contributed by atoms with Crippen LogP contribution in [0.1, 0.15) is 20.8 Å². The number of ketones is 1. The second-order valence-corrected chi connectivity index (χ2v) is 3.51. The molecule has 0 amide bonds. The molecule has 0 atom stereocenters. The molecule has 0 fully saturated rings. The number of esters is 1. The standard InChI is InChI=1S/C8H11F3O3/c1-5(12)7(2,3)4-14-6(13)8(9,10)11/h4H2,1-3H3. The monoisotopic (exact) mass is 212 g/mol. The third-order valence-corrected chi connectivity index (χ3v) is 1.75. The van der Waals surface area contributed by atoms with Crippen LogP contribution in [0.5, 0.6) is 0 Å². The smallest absolute Gasteiger partial charge is 0.458 e. The van der Waals surface area contributed by atoms with Gasteiger partial charge in [0.1, 0.15) is 12.4 Å². The van der Waals surface area contributed by atoms with E-state index >= 15 is 0 Å². The molecule has 0 aliphatic rings. The van der Waals surface area contributed by atoms with Crippen molar-refractivity contribution in [2.24, 2.45) is 5.41 Å². The molecule has 0 aliphatic heterocycles. The van der Waals surface area contributed by atoms with E-state index in [1.54, 1.807) is 0 Å². The lowest BCUT2D eigenvalue weighted by molar-refractivity contribution is -0.202. The van der Waals surface area contributed by atoms with E-state index in [4.69, 9.17) is 0 Å². The van der Waals surface area contributed by atoms with Gasteiger partial charge >= 0.3 is 12.1 Å². The van der Waals surface area contributed by atoms with Crippen LogP contribution in [-0.4, -0.2) is 24.5 Å². The largest absolute Gasteiger partial charge is 0.490 e. The molecule has 0 radical (unpaired) electrons. The molecule has 6 heteroatoms. The maximum absolute atomic E-state index is 11.7. The molecular formula is C8H11F3O3. The van der Waals surface area contributed by atoms with Gasteiger partial charge in [-0.3, -0.25) is 4.79 Å². The minimum atomic E-state index is -5.01. The topological polar surface area (TPSA) is 43.4 Å². The molecule has 0 unspecified atom stereocenters. The quantitative estimate of drug-likeness (QED) is 0.669. The van der Waals surface area contributed by atoms with Crippen molar-refractivity contribution in [1.29, 1.82) is 0 Å². The Hall–Kier alpha value is -1.07. The van der Waals surface area contributed by atoms with E-state index in [1.165, 1.54) is 20.8 Å². The third-order valence-electron chi connectivity index (χ3n) is 1.75. The zero-order chi connectivity index (χ0) is 11.6.